The molecule has 1 atom stereocenters. The first-order chi connectivity index (χ1) is 13.2. The second kappa shape index (κ2) is 7.90. The van der Waals surface area contributed by atoms with Crippen molar-refractivity contribution in [2.75, 3.05) is 11.4 Å². The number of rotatable bonds is 4. The molecule has 3 rings (SSSR count). The molecule has 1 fully saturated rings. The fourth-order valence-corrected chi connectivity index (χ4v) is 4.57. The van der Waals surface area contributed by atoms with Crippen LogP contribution in [0.15, 0.2) is 27.5 Å². The third-order valence-electron chi connectivity index (χ3n) is 4.67. The Morgan fingerprint density at radius 2 is 1.93 bits per heavy atom. The van der Waals surface area contributed by atoms with E-state index in [1.165, 1.54) is 19.1 Å². The zero-order chi connectivity index (χ0) is 20.5. The van der Waals surface area contributed by atoms with Crippen molar-refractivity contribution in [1.29, 1.82) is 0 Å². The molecule has 152 valence electrons. The van der Waals surface area contributed by atoms with E-state index < -0.39 is 28.0 Å². The van der Waals surface area contributed by atoms with Crippen LogP contribution in [0.1, 0.15) is 56.8 Å². The maximum Gasteiger partial charge on any atom is 0.338 e. The molecule has 0 radical (unpaired) electrons. The van der Waals surface area contributed by atoms with Crippen LogP contribution in [0, 0.1) is 0 Å². The standard InChI is InChI=1S/C19H25N3O5S/c1-12(2)20-18(23)13(3)27-19(24)14-8-9-15-16(11-14)28(25,26)21-17-7-5-4-6-10-22(15)17/h8-9,11-13H,4-7,10H2,1-3H3,(H,20,23)/t13-/m1/s1. The van der Waals surface area contributed by atoms with E-state index in [1.807, 2.05) is 4.90 Å². The van der Waals surface area contributed by atoms with Crippen LogP contribution in [-0.2, 0) is 19.6 Å². The molecule has 1 amide bonds. The van der Waals surface area contributed by atoms with Crippen LogP contribution in [0.3, 0.4) is 0 Å². The number of benzene rings is 1. The van der Waals surface area contributed by atoms with E-state index >= 15 is 0 Å². The zero-order valence-corrected chi connectivity index (χ0v) is 17.1. The molecular formula is C19H25N3O5S. The number of amidine groups is 1. The second-order valence-corrected chi connectivity index (χ2v) is 8.91. The van der Waals surface area contributed by atoms with Crippen molar-refractivity contribution in [3.63, 3.8) is 0 Å². The molecule has 1 aromatic rings. The molecule has 0 unspecified atom stereocenters. The van der Waals surface area contributed by atoms with Gasteiger partial charge in [-0.15, -0.1) is 4.40 Å². The van der Waals surface area contributed by atoms with Gasteiger partial charge in [-0.3, -0.25) is 4.79 Å². The molecule has 0 saturated carbocycles. The molecule has 1 saturated heterocycles. The molecule has 9 heteroatoms. The third kappa shape index (κ3) is 4.19. The number of carbonyl (C=O) groups excluding carboxylic acids is 2. The normalized spacial score (nSPS) is 19.0. The van der Waals surface area contributed by atoms with Crippen molar-refractivity contribution in [3.8, 4) is 0 Å². The molecule has 2 aliphatic rings. The van der Waals surface area contributed by atoms with Gasteiger partial charge in [-0.2, -0.15) is 8.42 Å². The van der Waals surface area contributed by atoms with E-state index in [0.717, 1.165) is 19.3 Å². The summed E-state index contributed by atoms with van der Waals surface area (Å²) in [5, 5.41) is 2.66. The summed E-state index contributed by atoms with van der Waals surface area (Å²) in [6.45, 7) is 5.77. The summed E-state index contributed by atoms with van der Waals surface area (Å²) in [6.07, 6.45) is 2.50. The van der Waals surface area contributed by atoms with Crippen molar-refractivity contribution < 1.29 is 22.7 Å². The lowest BCUT2D eigenvalue weighted by Gasteiger charge is -2.29. The number of fused-ring (bicyclic) bond motifs is 3. The summed E-state index contributed by atoms with van der Waals surface area (Å²) in [5.41, 5.74) is 0.606. The molecule has 2 heterocycles. The highest BCUT2D eigenvalue weighted by atomic mass is 32.2. The smallest absolute Gasteiger partial charge is 0.338 e. The average Bonchev–Trinajstić information content (AvgIpc) is 2.85. The van der Waals surface area contributed by atoms with Gasteiger partial charge in [0, 0.05) is 19.0 Å². The first kappa shape index (κ1) is 20.3. The van der Waals surface area contributed by atoms with Gasteiger partial charge >= 0.3 is 5.97 Å². The SMILES string of the molecule is CC(C)NC(=O)[C@@H](C)OC(=O)c1ccc2c(c1)S(=O)(=O)N=C1CCCCCN12. The van der Waals surface area contributed by atoms with Crippen LogP contribution < -0.4 is 10.2 Å². The van der Waals surface area contributed by atoms with Gasteiger partial charge in [0.25, 0.3) is 15.9 Å². The number of carbonyl (C=O) groups is 2. The number of nitrogens with zero attached hydrogens (tertiary/aromatic N) is 2. The highest BCUT2D eigenvalue weighted by Gasteiger charge is 2.32. The topological polar surface area (TPSA) is 105 Å². The molecule has 0 aliphatic carbocycles. The predicted octanol–water partition coefficient (Wildman–Crippen LogP) is 2.24. The molecule has 0 bridgehead atoms. The van der Waals surface area contributed by atoms with Gasteiger partial charge in [0.2, 0.25) is 0 Å². The average molecular weight is 407 g/mol. The Kier molecular flexibility index (Phi) is 5.74. The maximum atomic E-state index is 12.6. The maximum absolute atomic E-state index is 12.6. The summed E-state index contributed by atoms with van der Waals surface area (Å²) in [5.74, 6) is -0.609. The largest absolute Gasteiger partial charge is 0.449 e. The van der Waals surface area contributed by atoms with E-state index in [-0.39, 0.29) is 16.5 Å². The quantitative estimate of drug-likeness (QED) is 0.768. The van der Waals surface area contributed by atoms with Crippen molar-refractivity contribution >= 4 is 33.4 Å². The summed E-state index contributed by atoms with van der Waals surface area (Å²) < 4.78 is 34.4. The Labute approximate surface area is 165 Å². The van der Waals surface area contributed by atoms with Crippen LogP contribution in [0.2, 0.25) is 0 Å². The van der Waals surface area contributed by atoms with Gasteiger partial charge in [0.1, 0.15) is 10.7 Å². The van der Waals surface area contributed by atoms with Gasteiger partial charge in [-0.1, -0.05) is 6.42 Å². The zero-order valence-electron chi connectivity index (χ0n) is 16.3. The van der Waals surface area contributed by atoms with Crippen molar-refractivity contribution in [3.05, 3.63) is 23.8 Å². The van der Waals surface area contributed by atoms with Gasteiger partial charge < -0.3 is 15.0 Å². The lowest BCUT2D eigenvalue weighted by atomic mass is 10.1. The minimum Gasteiger partial charge on any atom is -0.449 e. The van der Waals surface area contributed by atoms with Crippen molar-refractivity contribution in [2.45, 2.75) is 63.5 Å². The van der Waals surface area contributed by atoms with E-state index in [4.69, 9.17) is 4.74 Å². The number of anilines is 1. The number of sulfonamides is 1. The number of esters is 1. The second-order valence-electron chi connectivity index (χ2n) is 7.34. The van der Waals surface area contributed by atoms with Crippen LogP contribution in [0.5, 0.6) is 0 Å². The van der Waals surface area contributed by atoms with E-state index in [1.54, 1.807) is 19.9 Å². The van der Waals surface area contributed by atoms with E-state index in [2.05, 4.69) is 9.71 Å². The number of amides is 1. The molecular weight excluding hydrogens is 382 g/mol. The Bertz CT molecular complexity index is 923. The molecule has 0 spiro atoms. The third-order valence-corrected chi connectivity index (χ3v) is 6.00. The number of hydrogen-bond donors (Lipinski definition) is 1. The van der Waals surface area contributed by atoms with Crippen molar-refractivity contribution in [2.24, 2.45) is 4.40 Å². The fourth-order valence-electron chi connectivity index (χ4n) is 3.29. The summed E-state index contributed by atoms with van der Waals surface area (Å²) >= 11 is 0. The fraction of sp³-hybridized carbons (Fsp3) is 0.526. The molecule has 2 aliphatic heterocycles. The Morgan fingerprint density at radius 1 is 1.18 bits per heavy atom. The van der Waals surface area contributed by atoms with Crippen LogP contribution >= 0.6 is 0 Å². The van der Waals surface area contributed by atoms with Crippen LogP contribution in [0.25, 0.3) is 0 Å². The highest BCUT2D eigenvalue weighted by molar-refractivity contribution is 7.90. The van der Waals surface area contributed by atoms with Gasteiger partial charge in [0.05, 0.1) is 11.3 Å². The van der Waals surface area contributed by atoms with Gasteiger partial charge in [-0.05, 0) is 51.8 Å². The summed E-state index contributed by atoms with van der Waals surface area (Å²) in [4.78, 5) is 26.3. The first-order valence-electron chi connectivity index (χ1n) is 9.46. The summed E-state index contributed by atoms with van der Waals surface area (Å²) in [7, 11) is -3.89. The number of nitrogens with one attached hydrogen (secondary N) is 1. The Hall–Kier alpha value is -2.42. The lowest BCUT2D eigenvalue weighted by molar-refractivity contribution is -0.129. The highest BCUT2D eigenvalue weighted by Crippen LogP contribution is 2.35. The van der Waals surface area contributed by atoms with E-state index in [0.29, 0.717) is 24.5 Å². The van der Waals surface area contributed by atoms with E-state index in [9.17, 15) is 18.0 Å². The molecule has 28 heavy (non-hydrogen) atoms. The Morgan fingerprint density at radius 3 is 2.64 bits per heavy atom. The molecule has 8 nitrogen and oxygen atoms in total. The Balaban J connectivity index is 1.86. The molecule has 0 aromatic heterocycles. The number of ether oxygens (including phenoxy) is 1. The molecule has 1 N–H and O–H groups in total. The van der Waals surface area contributed by atoms with Gasteiger partial charge in [-0.25, -0.2) is 4.79 Å². The molecule has 1 aromatic carbocycles. The van der Waals surface area contributed by atoms with Crippen molar-refractivity contribution in [1.82, 2.24) is 5.32 Å². The van der Waals surface area contributed by atoms with Gasteiger partial charge in [0.15, 0.2) is 6.10 Å². The first-order valence-corrected chi connectivity index (χ1v) is 10.9. The lowest BCUT2D eigenvalue weighted by Crippen LogP contribution is -2.39. The summed E-state index contributed by atoms with van der Waals surface area (Å²) in [6, 6.07) is 4.34. The van der Waals surface area contributed by atoms with Crippen LogP contribution in [-0.4, -0.2) is 44.8 Å². The minimum absolute atomic E-state index is 0.00751. The van der Waals surface area contributed by atoms with Crippen LogP contribution in [0.4, 0.5) is 5.69 Å². The number of hydrogen-bond acceptors (Lipinski definition) is 6. The minimum atomic E-state index is -3.89. The monoisotopic (exact) mass is 407 g/mol. The predicted molar refractivity (Wildman–Crippen MR) is 105 cm³/mol.